The number of benzene rings is 3. The van der Waals surface area contributed by atoms with Crippen LogP contribution < -0.4 is 9.62 Å². The molecule has 2 amide bonds. The number of halogens is 2. The molecule has 0 aromatic heterocycles. The van der Waals surface area contributed by atoms with Crippen LogP contribution in [-0.4, -0.2) is 50.0 Å². The van der Waals surface area contributed by atoms with E-state index in [1.165, 1.54) is 11.0 Å². The predicted molar refractivity (Wildman–Crippen MR) is 163 cm³/mol. The summed E-state index contributed by atoms with van der Waals surface area (Å²) in [6.07, 6.45) is 5.25. The molecule has 212 valence electrons. The molecular formula is C30H33BrClN3O4S. The number of anilines is 1. The van der Waals surface area contributed by atoms with Crippen LogP contribution in [0.25, 0.3) is 0 Å². The fourth-order valence-electron chi connectivity index (χ4n) is 5.00. The zero-order valence-electron chi connectivity index (χ0n) is 22.3. The maximum atomic E-state index is 14.1. The molecule has 1 aliphatic rings. The third-order valence-electron chi connectivity index (χ3n) is 6.99. The molecule has 0 radical (unpaired) electrons. The van der Waals surface area contributed by atoms with E-state index in [-0.39, 0.29) is 30.6 Å². The molecule has 1 unspecified atom stereocenters. The van der Waals surface area contributed by atoms with Crippen molar-refractivity contribution in [3.8, 4) is 0 Å². The highest BCUT2D eigenvalue weighted by Gasteiger charge is 2.34. The molecule has 3 aromatic rings. The third-order valence-corrected chi connectivity index (χ3v) is 8.86. The monoisotopic (exact) mass is 645 g/mol. The Morgan fingerprint density at radius 3 is 2.30 bits per heavy atom. The van der Waals surface area contributed by atoms with E-state index in [1.54, 1.807) is 18.2 Å². The molecule has 1 saturated carbocycles. The van der Waals surface area contributed by atoms with Crippen molar-refractivity contribution in [1.29, 1.82) is 0 Å². The number of hydrogen-bond donors (Lipinski definition) is 1. The van der Waals surface area contributed by atoms with E-state index in [2.05, 4.69) is 21.2 Å². The first-order valence-electron chi connectivity index (χ1n) is 13.2. The van der Waals surface area contributed by atoms with Gasteiger partial charge in [-0.1, -0.05) is 88.9 Å². The predicted octanol–water partition coefficient (Wildman–Crippen LogP) is 5.57. The van der Waals surface area contributed by atoms with Gasteiger partial charge in [0.1, 0.15) is 12.6 Å². The smallest absolute Gasteiger partial charge is 0.244 e. The SMILES string of the molecule is CS(=O)(=O)N(CC(=O)N(Cc1cccc(Br)c1)C(Cc1ccccc1)C(=O)NC1CCCC1)c1cccc(Cl)c1. The number of nitrogens with one attached hydrogen (secondary N) is 1. The second-order valence-electron chi connectivity index (χ2n) is 10.1. The van der Waals surface area contributed by atoms with Gasteiger partial charge in [-0.15, -0.1) is 0 Å². The fraction of sp³-hybridized carbons (Fsp3) is 0.333. The number of rotatable bonds is 11. The Morgan fingerprint density at radius 2 is 1.65 bits per heavy atom. The standard InChI is InChI=1S/C30H33BrClN3O4S/c1-40(38,39)35(27-16-8-13-25(32)19-27)21-29(36)34(20-23-11-7-12-24(31)17-23)28(18-22-9-3-2-4-10-22)30(37)33-26-14-5-6-15-26/h2-4,7-13,16-17,19,26,28H,5-6,14-15,18,20-21H2,1H3,(H,33,37). The lowest BCUT2D eigenvalue weighted by Gasteiger charge is -2.34. The normalized spacial score (nSPS) is 14.5. The average molecular weight is 647 g/mol. The zero-order valence-corrected chi connectivity index (χ0v) is 25.5. The van der Waals surface area contributed by atoms with E-state index < -0.39 is 28.5 Å². The summed E-state index contributed by atoms with van der Waals surface area (Å²) < 4.78 is 27.6. The van der Waals surface area contributed by atoms with Crippen molar-refractivity contribution in [2.24, 2.45) is 0 Å². The highest BCUT2D eigenvalue weighted by atomic mass is 79.9. The first-order chi connectivity index (χ1) is 19.1. The molecule has 1 atom stereocenters. The van der Waals surface area contributed by atoms with Crippen molar-refractivity contribution < 1.29 is 18.0 Å². The van der Waals surface area contributed by atoms with Gasteiger partial charge in [0.25, 0.3) is 0 Å². The Hall–Kier alpha value is -2.88. The van der Waals surface area contributed by atoms with Gasteiger partial charge in [-0.2, -0.15) is 0 Å². The van der Waals surface area contributed by atoms with Gasteiger partial charge in [0.2, 0.25) is 21.8 Å². The molecule has 3 aromatic carbocycles. The van der Waals surface area contributed by atoms with Crippen LogP contribution >= 0.6 is 27.5 Å². The van der Waals surface area contributed by atoms with Crippen molar-refractivity contribution >= 4 is 55.1 Å². The van der Waals surface area contributed by atoms with E-state index >= 15 is 0 Å². The molecule has 1 aliphatic carbocycles. The van der Waals surface area contributed by atoms with Crippen molar-refractivity contribution in [1.82, 2.24) is 10.2 Å². The van der Waals surface area contributed by atoms with Crippen molar-refractivity contribution in [3.63, 3.8) is 0 Å². The van der Waals surface area contributed by atoms with E-state index in [0.717, 1.165) is 51.8 Å². The van der Waals surface area contributed by atoms with Gasteiger partial charge >= 0.3 is 0 Å². The quantitative estimate of drug-likeness (QED) is 0.295. The maximum absolute atomic E-state index is 14.1. The van der Waals surface area contributed by atoms with Crippen LogP contribution in [0.4, 0.5) is 5.69 Å². The van der Waals surface area contributed by atoms with Gasteiger partial charge in [-0.3, -0.25) is 13.9 Å². The molecule has 1 fully saturated rings. The molecule has 1 N–H and O–H groups in total. The van der Waals surface area contributed by atoms with E-state index in [4.69, 9.17) is 11.6 Å². The maximum Gasteiger partial charge on any atom is 0.244 e. The van der Waals surface area contributed by atoms with Gasteiger partial charge in [-0.25, -0.2) is 8.42 Å². The summed E-state index contributed by atoms with van der Waals surface area (Å²) in [4.78, 5) is 29.5. The van der Waals surface area contributed by atoms with Gasteiger partial charge in [0.05, 0.1) is 11.9 Å². The van der Waals surface area contributed by atoms with Gasteiger partial charge in [0, 0.05) is 28.5 Å². The van der Waals surface area contributed by atoms with Gasteiger partial charge < -0.3 is 10.2 Å². The molecule has 0 spiro atoms. The van der Waals surface area contributed by atoms with Crippen molar-refractivity contribution in [2.75, 3.05) is 17.1 Å². The zero-order chi connectivity index (χ0) is 28.7. The Kier molecular flexibility index (Phi) is 10.3. The molecule has 7 nitrogen and oxygen atoms in total. The molecule has 0 aliphatic heterocycles. The van der Waals surface area contributed by atoms with Crippen molar-refractivity contribution in [3.05, 3.63) is 99.5 Å². The molecule has 40 heavy (non-hydrogen) atoms. The first kappa shape index (κ1) is 30.1. The second-order valence-corrected chi connectivity index (χ2v) is 13.4. The summed E-state index contributed by atoms with van der Waals surface area (Å²) in [5.41, 5.74) is 1.99. The minimum Gasteiger partial charge on any atom is -0.352 e. The number of sulfonamides is 1. The minimum absolute atomic E-state index is 0.0626. The second kappa shape index (κ2) is 13.7. The lowest BCUT2D eigenvalue weighted by Crippen LogP contribution is -2.54. The number of nitrogens with zero attached hydrogens (tertiary/aromatic N) is 2. The van der Waals surface area contributed by atoms with Crippen LogP contribution in [0.3, 0.4) is 0 Å². The molecular weight excluding hydrogens is 614 g/mol. The van der Waals surface area contributed by atoms with Gasteiger partial charge in [0.15, 0.2) is 0 Å². The highest BCUT2D eigenvalue weighted by Crippen LogP contribution is 2.24. The van der Waals surface area contributed by atoms with Crippen LogP contribution in [0.15, 0.2) is 83.3 Å². The summed E-state index contributed by atoms with van der Waals surface area (Å²) >= 11 is 9.64. The molecule has 0 bridgehead atoms. The summed E-state index contributed by atoms with van der Waals surface area (Å²) in [6, 6.07) is 22.6. The summed E-state index contributed by atoms with van der Waals surface area (Å²) in [5.74, 6) is -0.736. The van der Waals surface area contributed by atoms with E-state index in [0.29, 0.717) is 5.02 Å². The summed E-state index contributed by atoms with van der Waals surface area (Å²) in [6.45, 7) is -0.351. The molecule has 0 saturated heterocycles. The highest BCUT2D eigenvalue weighted by molar-refractivity contribution is 9.10. The van der Waals surface area contributed by atoms with Crippen LogP contribution in [0.2, 0.25) is 5.02 Å². The Bertz CT molecular complexity index is 1430. The Balaban J connectivity index is 1.72. The minimum atomic E-state index is -3.85. The fourth-order valence-corrected chi connectivity index (χ4v) is 6.47. The average Bonchev–Trinajstić information content (AvgIpc) is 3.42. The Morgan fingerprint density at radius 1 is 0.975 bits per heavy atom. The van der Waals surface area contributed by atoms with Crippen molar-refractivity contribution in [2.45, 2.75) is 50.7 Å². The van der Waals surface area contributed by atoms with Crippen LogP contribution in [0.5, 0.6) is 0 Å². The lowest BCUT2D eigenvalue weighted by molar-refractivity contribution is -0.140. The summed E-state index contributed by atoms with van der Waals surface area (Å²) in [7, 11) is -3.85. The van der Waals surface area contributed by atoms with Crippen LogP contribution in [-0.2, 0) is 32.6 Å². The summed E-state index contributed by atoms with van der Waals surface area (Å²) in [5, 5.41) is 3.51. The van der Waals surface area contributed by atoms with E-state index in [9.17, 15) is 18.0 Å². The topological polar surface area (TPSA) is 86.8 Å². The van der Waals surface area contributed by atoms with Crippen LogP contribution in [0.1, 0.15) is 36.8 Å². The molecule has 10 heteroatoms. The number of hydrogen-bond acceptors (Lipinski definition) is 4. The number of amides is 2. The molecule has 0 heterocycles. The van der Waals surface area contributed by atoms with Gasteiger partial charge in [-0.05, 0) is 54.3 Å². The largest absolute Gasteiger partial charge is 0.352 e. The van der Waals surface area contributed by atoms with Crippen LogP contribution in [0, 0.1) is 0 Å². The Labute approximate surface area is 249 Å². The van der Waals surface area contributed by atoms with E-state index in [1.807, 2.05) is 54.6 Å². The first-order valence-corrected chi connectivity index (χ1v) is 16.2. The number of carbonyl (C=O) groups excluding carboxylic acids is 2. The lowest BCUT2D eigenvalue weighted by atomic mass is 10.0. The third kappa shape index (κ3) is 8.32. The molecule has 4 rings (SSSR count). The number of carbonyl (C=O) groups is 2.